The number of carbonyl (C=O) groups excluding carboxylic acids is 1. The minimum absolute atomic E-state index is 0.0977. The van der Waals surface area contributed by atoms with Crippen LogP contribution in [-0.2, 0) is 6.42 Å². The van der Waals surface area contributed by atoms with Crippen molar-refractivity contribution in [3.8, 4) is 17.0 Å². The number of benzene rings is 1. The van der Waals surface area contributed by atoms with E-state index in [1.54, 1.807) is 18.3 Å². The van der Waals surface area contributed by atoms with E-state index >= 15 is 0 Å². The van der Waals surface area contributed by atoms with Crippen molar-refractivity contribution < 1.29 is 13.9 Å². The van der Waals surface area contributed by atoms with Crippen LogP contribution >= 0.6 is 0 Å². The molecular formula is C20H19FN4O2. The molecule has 3 aromatic rings. The highest BCUT2D eigenvalue weighted by atomic mass is 19.1. The number of nitrogens with one attached hydrogen (secondary N) is 3. The number of H-pyrrole nitrogens is 1. The molecular weight excluding hydrogens is 347 g/mol. The Labute approximate surface area is 155 Å². The van der Waals surface area contributed by atoms with Gasteiger partial charge in [-0.15, -0.1) is 0 Å². The van der Waals surface area contributed by atoms with Crippen LogP contribution in [0.5, 0.6) is 5.75 Å². The molecule has 0 spiro atoms. The predicted molar refractivity (Wildman–Crippen MR) is 101 cm³/mol. The summed E-state index contributed by atoms with van der Waals surface area (Å²) in [5.41, 5.74) is 4.94. The maximum absolute atomic E-state index is 14.1. The Morgan fingerprint density at radius 2 is 2.15 bits per heavy atom. The number of methoxy groups -OCH3 is 1. The molecule has 4 rings (SSSR count). The minimum Gasteiger partial charge on any atom is -0.492 e. The smallest absolute Gasteiger partial charge is 0.255 e. The van der Waals surface area contributed by atoms with E-state index in [9.17, 15) is 9.18 Å². The van der Waals surface area contributed by atoms with Crippen LogP contribution in [0.3, 0.4) is 0 Å². The number of para-hydroxylation sites is 1. The molecule has 0 saturated carbocycles. The number of aromatic amines is 1. The van der Waals surface area contributed by atoms with E-state index in [0.29, 0.717) is 29.9 Å². The number of amides is 1. The van der Waals surface area contributed by atoms with E-state index in [1.165, 1.54) is 13.2 Å². The fourth-order valence-corrected chi connectivity index (χ4v) is 3.37. The number of halogens is 1. The molecule has 0 fully saturated rings. The second-order valence-electron chi connectivity index (χ2n) is 6.37. The zero-order valence-electron chi connectivity index (χ0n) is 15.0. The van der Waals surface area contributed by atoms with Crippen molar-refractivity contribution in [3.05, 3.63) is 59.3 Å². The molecule has 0 unspecified atom stereocenters. The largest absolute Gasteiger partial charge is 0.492 e. The van der Waals surface area contributed by atoms with Gasteiger partial charge >= 0.3 is 0 Å². The number of hydrogen-bond donors (Lipinski definition) is 3. The highest BCUT2D eigenvalue weighted by molar-refractivity contribution is 6.06. The zero-order chi connectivity index (χ0) is 19.0. The van der Waals surface area contributed by atoms with Crippen LogP contribution in [-0.4, -0.2) is 29.5 Å². The number of ether oxygens (including phenoxy) is 1. The summed E-state index contributed by atoms with van der Waals surface area (Å²) in [7, 11) is 1.41. The van der Waals surface area contributed by atoms with Crippen LogP contribution in [0, 0.1) is 12.7 Å². The Bertz CT molecular complexity index is 1030. The first-order valence-electron chi connectivity index (χ1n) is 8.64. The molecule has 1 aliphatic rings. The molecule has 138 valence electrons. The van der Waals surface area contributed by atoms with Gasteiger partial charge < -0.3 is 20.4 Å². The summed E-state index contributed by atoms with van der Waals surface area (Å²) in [6, 6.07) is 8.44. The molecule has 6 nitrogen and oxygen atoms in total. The zero-order valence-corrected chi connectivity index (χ0v) is 15.0. The van der Waals surface area contributed by atoms with Gasteiger partial charge in [0.05, 0.1) is 29.7 Å². The molecule has 0 saturated heterocycles. The lowest BCUT2D eigenvalue weighted by Gasteiger charge is -2.16. The molecule has 0 bridgehead atoms. The summed E-state index contributed by atoms with van der Waals surface area (Å²) < 4.78 is 19.3. The third kappa shape index (κ3) is 3.01. The SMILES string of the molecule is COc1c(F)cccc1Nc1c(-c2ccnc(C)c2)[nH]c2c1C(=O)NCC2. The van der Waals surface area contributed by atoms with Gasteiger partial charge in [-0.2, -0.15) is 0 Å². The molecule has 7 heteroatoms. The molecule has 27 heavy (non-hydrogen) atoms. The third-order valence-corrected chi connectivity index (χ3v) is 4.58. The summed E-state index contributed by atoms with van der Waals surface area (Å²) in [5, 5.41) is 6.08. The molecule has 1 amide bonds. The standard InChI is InChI=1S/C20H19FN4O2/c1-11-10-12(6-8-22-11)17-18(16-14(24-17)7-9-23-20(16)26)25-15-5-3-4-13(21)19(15)27-2/h3-6,8,10,24-25H,7,9H2,1-2H3,(H,23,26). The van der Waals surface area contributed by atoms with Gasteiger partial charge in [0.15, 0.2) is 11.6 Å². The summed E-state index contributed by atoms with van der Waals surface area (Å²) in [4.78, 5) is 20.1. The number of anilines is 2. The average Bonchev–Trinajstić information content (AvgIpc) is 3.02. The third-order valence-electron chi connectivity index (χ3n) is 4.58. The minimum atomic E-state index is -0.474. The Kier molecular flexibility index (Phi) is 4.27. The van der Waals surface area contributed by atoms with Gasteiger partial charge in [-0.3, -0.25) is 9.78 Å². The van der Waals surface area contributed by atoms with E-state index in [-0.39, 0.29) is 11.7 Å². The van der Waals surface area contributed by atoms with Crippen molar-refractivity contribution >= 4 is 17.3 Å². The highest BCUT2D eigenvalue weighted by Gasteiger charge is 2.27. The van der Waals surface area contributed by atoms with Crippen molar-refractivity contribution in [1.82, 2.24) is 15.3 Å². The topological polar surface area (TPSA) is 79.0 Å². The monoisotopic (exact) mass is 366 g/mol. The van der Waals surface area contributed by atoms with Crippen molar-refractivity contribution in [1.29, 1.82) is 0 Å². The van der Waals surface area contributed by atoms with Crippen LogP contribution in [0.2, 0.25) is 0 Å². The number of fused-ring (bicyclic) bond motifs is 1. The molecule has 3 N–H and O–H groups in total. The Morgan fingerprint density at radius 1 is 1.30 bits per heavy atom. The van der Waals surface area contributed by atoms with Crippen LogP contribution in [0.1, 0.15) is 21.7 Å². The van der Waals surface area contributed by atoms with E-state index in [4.69, 9.17) is 4.74 Å². The van der Waals surface area contributed by atoms with Crippen molar-refractivity contribution in [2.45, 2.75) is 13.3 Å². The van der Waals surface area contributed by atoms with Gasteiger partial charge in [0, 0.05) is 36.1 Å². The van der Waals surface area contributed by atoms with Crippen LogP contribution < -0.4 is 15.4 Å². The normalized spacial score (nSPS) is 13.1. The van der Waals surface area contributed by atoms with Gasteiger partial charge in [0.1, 0.15) is 0 Å². The maximum Gasteiger partial charge on any atom is 0.255 e. The van der Waals surface area contributed by atoms with Crippen molar-refractivity contribution in [2.24, 2.45) is 0 Å². The number of carbonyl (C=O) groups is 1. The second-order valence-corrected chi connectivity index (χ2v) is 6.37. The summed E-state index contributed by atoms with van der Waals surface area (Å²) in [5.74, 6) is -0.541. The predicted octanol–water partition coefficient (Wildman–Crippen LogP) is 3.56. The quantitative estimate of drug-likeness (QED) is 0.660. The number of aryl methyl sites for hydroxylation is 1. The fraction of sp³-hybridized carbons (Fsp3) is 0.200. The van der Waals surface area contributed by atoms with Crippen molar-refractivity contribution in [3.63, 3.8) is 0 Å². The molecule has 3 heterocycles. The molecule has 0 atom stereocenters. The molecule has 0 aliphatic carbocycles. The first-order valence-corrected chi connectivity index (χ1v) is 8.64. The number of aromatic nitrogens is 2. The highest BCUT2D eigenvalue weighted by Crippen LogP contribution is 2.39. The van der Waals surface area contributed by atoms with Crippen LogP contribution in [0.4, 0.5) is 15.8 Å². The number of pyridine rings is 1. The average molecular weight is 366 g/mol. The van der Waals surface area contributed by atoms with Crippen molar-refractivity contribution in [2.75, 3.05) is 19.0 Å². The van der Waals surface area contributed by atoms with E-state index in [0.717, 1.165) is 22.6 Å². The van der Waals surface area contributed by atoms with E-state index in [1.807, 2.05) is 19.1 Å². The summed E-state index contributed by atoms with van der Waals surface area (Å²) >= 11 is 0. The summed E-state index contributed by atoms with van der Waals surface area (Å²) in [6.45, 7) is 2.48. The molecule has 0 radical (unpaired) electrons. The first-order chi connectivity index (χ1) is 13.1. The first kappa shape index (κ1) is 17.1. The number of hydrogen-bond acceptors (Lipinski definition) is 4. The number of rotatable bonds is 4. The Balaban J connectivity index is 1.90. The van der Waals surface area contributed by atoms with Gasteiger partial charge in [-0.1, -0.05) is 6.07 Å². The fourth-order valence-electron chi connectivity index (χ4n) is 3.37. The number of nitrogens with zero attached hydrogens (tertiary/aromatic N) is 1. The Morgan fingerprint density at radius 3 is 2.93 bits per heavy atom. The van der Waals surface area contributed by atoms with Gasteiger partial charge in [0.2, 0.25) is 0 Å². The summed E-state index contributed by atoms with van der Waals surface area (Å²) in [6.07, 6.45) is 2.41. The Hall–Kier alpha value is -3.35. The van der Waals surface area contributed by atoms with Gasteiger partial charge in [0.25, 0.3) is 5.91 Å². The van der Waals surface area contributed by atoms with Crippen LogP contribution in [0.15, 0.2) is 36.5 Å². The van der Waals surface area contributed by atoms with E-state index in [2.05, 4.69) is 20.6 Å². The molecule has 1 aliphatic heterocycles. The molecule has 2 aromatic heterocycles. The van der Waals surface area contributed by atoms with Gasteiger partial charge in [-0.05, 0) is 31.2 Å². The van der Waals surface area contributed by atoms with Crippen LogP contribution in [0.25, 0.3) is 11.3 Å². The van der Waals surface area contributed by atoms with E-state index < -0.39 is 5.82 Å². The maximum atomic E-state index is 14.1. The molecule has 1 aromatic carbocycles. The lowest BCUT2D eigenvalue weighted by Crippen LogP contribution is -2.31. The lowest BCUT2D eigenvalue weighted by molar-refractivity contribution is 0.0947. The van der Waals surface area contributed by atoms with Gasteiger partial charge in [-0.25, -0.2) is 4.39 Å². The second kappa shape index (κ2) is 6.75. The lowest BCUT2D eigenvalue weighted by atomic mass is 10.0.